The molecule has 0 unspecified atom stereocenters. The molecule has 3 aromatic rings. The second-order valence-electron chi connectivity index (χ2n) is 6.36. The highest BCUT2D eigenvalue weighted by atomic mass is 35.5. The lowest BCUT2D eigenvalue weighted by Crippen LogP contribution is -2.48. The summed E-state index contributed by atoms with van der Waals surface area (Å²) in [6, 6.07) is 13.4. The smallest absolute Gasteiger partial charge is 0.333 e. The quantitative estimate of drug-likeness (QED) is 0.572. The molecule has 0 saturated carbocycles. The SMILES string of the molecule is CC(C)NC(=O)NNC(=O)c1cc(-c2ccccc2Cl)nc(-c2ccccn2)n1. The van der Waals surface area contributed by atoms with E-state index in [-0.39, 0.29) is 17.6 Å². The number of pyridine rings is 1. The van der Waals surface area contributed by atoms with Crippen LogP contribution < -0.4 is 16.2 Å². The molecule has 0 aliphatic carbocycles. The Morgan fingerprint density at radius 1 is 0.966 bits per heavy atom. The zero-order valence-corrected chi connectivity index (χ0v) is 16.6. The zero-order valence-electron chi connectivity index (χ0n) is 15.8. The molecule has 0 spiro atoms. The van der Waals surface area contributed by atoms with E-state index < -0.39 is 11.9 Å². The Hall–Kier alpha value is -3.52. The highest BCUT2D eigenvalue weighted by Gasteiger charge is 2.16. The fourth-order valence-electron chi connectivity index (χ4n) is 2.46. The number of nitrogens with zero attached hydrogens (tertiary/aromatic N) is 3. The summed E-state index contributed by atoms with van der Waals surface area (Å²) in [4.78, 5) is 37.4. The Balaban J connectivity index is 1.96. The van der Waals surface area contributed by atoms with Gasteiger partial charge in [0.05, 0.1) is 5.69 Å². The van der Waals surface area contributed by atoms with Gasteiger partial charge in [0.2, 0.25) is 0 Å². The number of aromatic nitrogens is 3. The maximum Gasteiger partial charge on any atom is 0.333 e. The Morgan fingerprint density at radius 2 is 1.72 bits per heavy atom. The number of hydrogen-bond donors (Lipinski definition) is 3. The van der Waals surface area contributed by atoms with Crippen LogP contribution in [0.5, 0.6) is 0 Å². The second-order valence-corrected chi connectivity index (χ2v) is 6.77. The minimum absolute atomic E-state index is 0.0559. The summed E-state index contributed by atoms with van der Waals surface area (Å²) in [6.07, 6.45) is 1.61. The molecule has 0 saturated heterocycles. The van der Waals surface area contributed by atoms with Crippen molar-refractivity contribution in [2.45, 2.75) is 19.9 Å². The summed E-state index contributed by atoms with van der Waals surface area (Å²) in [5.41, 5.74) is 6.29. The van der Waals surface area contributed by atoms with Crippen LogP contribution in [0.15, 0.2) is 54.7 Å². The molecular formula is C20H19ClN6O2. The standard InChI is InChI=1S/C20H19ClN6O2/c1-12(2)23-20(29)27-26-19(28)17-11-16(13-7-3-4-8-14(13)21)24-18(25-17)15-9-5-6-10-22-15/h3-12H,1-2H3,(H,26,28)(H2,23,27,29). The lowest BCUT2D eigenvalue weighted by Gasteiger charge is -2.12. The third kappa shape index (κ3) is 5.26. The van der Waals surface area contributed by atoms with Crippen molar-refractivity contribution in [3.8, 4) is 22.8 Å². The summed E-state index contributed by atoms with van der Waals surface area (Å²) in [6.45, 7) is 3.61. The molecule has 148 valence electrons. The third-order valence-electron chi connectivity index (χ3n) is 3.71. The molecule has 29 heavy (non-hydrogen) atoms. The van der Waals surface area contributed by atoms with Crippen molar-refractivity contribution in [2.75, 3.05) is 0 Å². The van der Waals surface area contributed by atoms with Crippen LogP contribution in [0.1, 0.15) is 24.3 Å². The molecule has 0 fully saturated rings. The van der Waals surface area contributed by atoms with Crippen LogP contribution in [-0.4, -0.2) is 32.9 Å². The topological polar surface area (TPSA) is 109 Å². The Morgan fingerprint density at radius 3 is 2.41 bits per heavy atom. The first-order valence-electron chi connectivity index (χ1n) is 8.86. The maximum absolute atomic E-state index is 12.6. The molecule has 9 heteroatoms. The van der Waals surface area contributed by atoms with Crippen LogP contribution in [0.3, 0.4) is 0 Å². The molecule has 0 radical (unpaired) electrons. The molecule has 0 atom stereocenters. The predicted octanol–water partition coefficient (Wildman–Crippen LogP) is 3.21. The second kappa shape index (κ2) is 9.11. The average molecular weight is 411 g/mol. The molecule has 3 rings (SSSR count). The van der Waals surface area contributed by atoms with Gasteiger partial charge in [-0.25, -0.2) is 20.2 Å². The van der Waals surface area contributed by atoms with Crippen molar-refractivity contribution in [1.29, 1.82) is 0 Å². The minimum Gasteiger partial charge on any atom is -0.335 e. The van der Waals surface area contributed by atoms with Crippen LogP contribution >= 0.6 is 11.6 Å². The Bertz CT molecular complexity index is 1030. The van der Waals surface area contributed by atoms with Crippen molar-refractivity contribution in [3.63, 3.8) is 0 Å². The number of halogens is 1. The number of carbonyl (C=O) groups is 2. The predicted molar refractivity (Wildman–Crippen MR) is 110 cm³/mol. The van der Waals surface area contributed by atoms with Crippen LogP contribution in [0.2, 0.25) is 5.02 Å². The summed E-state index contributed by atoms with van der Waals surface area (Å²) < 4.78 is 0. The molecular weight excluding hydrogens is 392 g/mol. The molecule has 0 bridgehead atoms. The van der Waals surface area contributed by atoms with E-state index in [0.717, 1.165) is 0 Å². The first-order valence-corrected chi connectivity index (χ1v) is 9.24. The molecule has 1 aromatic carbocycles. The van der Waals surface area contributed by atoms with Gasteiger partial charge in [-0.05, 0) is 38.1 Å². The lowest BCUT2D eigenvalue weighted by atomic mass is 10.1. The fraction of sp³-hybridized carbons (Fsp3) is 0.150. The highest BCUT2D eigenvalue weighted by molar-refractivity contribution is 6.33. The lowest BCUT2D eigenvalue weighted by molar-refractivity contribution is 0.0931. The first kappa shape index (κ1) is 20.2. The van der Waals surface area contributed by atoms with Gasteiger partial charge in [0, 0.05) is 22.8 Å². The van der Waals surface area contributed by atoms with Gasteiger partial charge in [-0.15, -0.1) is 0 Å². The molecule has 0 aliphatic rings. The highest BCUT2D eigenvalue weighted by Crippen LogP contribution is 2.27. The maximum atomic E-state index is 12.6. The van der Waals surface area contributed by atoms with Gasteiger partial charge in [0.25, 0.3) is 5.91 Å². The first-order chi connectivity index (χ1) is 13.9. The van der Waals surface area contributed by atoms with E-state index in [9.17, 15) is 9.59 Å². The van der Waals surface area contributed by atoms with E-state index in [1.54, 1.807) is 56.4 Å². The van der Waals surface area contributed by atoms with Crippen molar-refractivity contribution < 1.29 is 9.59 Å². The third-order valence-corrected chi connectivity index (χ3v) is 4.04. The number of nitrogens with one attached hydrogen (secondary N) is 3. The number of benzene rings is 1. The molecule has 2 heterocycles. The summed E-state index contributed by atoms with van der Waals surface area (Å²) in [5.74, 6) is -0.336. The average Bonchev–Trinajstić information content (AvgIpc) is 2.72. The summed E-state index contributed by atoms with van der Waals surface area (Å²) in [7, 11) is 0. The van der Waals surface area contributed by atoms with E-state index in [0.29, 0.717) is 22.0 Å². The fourth-order valence-corrected chi connectivity index (χ4v) is 2.69. The van der Waals surface area contributed by atoms with Gasteiger partial charge in [0.1, 0.15) is 11.4 Å². The number of carbonyl (C=O) groups excluding carboxylic acids is 2. The van der Waals surface area contributed by atoms with Gasteiger partial charge in [0.15, 0.2) is 5.82 Å². The van der Waals surface area contributed by atoms with Crippen molar-refractivity contribution in [1.82, 2.24) is 31.1 Å². The van der Waals surface area contributed by atoms with E-state index >= 15 is 0 Å². The van der Waals surface area contributed by atoms with Gasteiger partial charge >= 0.3 is 6.03 Å². The number of hydrazine groups is 1. The number of urea groups is 1. The molecule has 3 amide bonds. The van der Waals surface area contributed by atoms with Gasteiger partial charge < -0.3 is 5.32 Å². The summed E-state index contributed by atoms with van der Waals surface area (Å²) >= 11 is 6.30. The van der Waals surface area contributed by atoms with Crippen molar-refractivity contribution >= 4 is 23.5 Å². The van der Waals surface area contributed by atoms with Crippen molar-refractivity contribution in [3.05, 3.63) is 65.4 Å². The number of amides is 3. The van der Waals surface area contributed by atoms with Crippen LogP contribution in [0, 0.1) is 0 Å². The van der Waals surface area contributed by atoms with E-state index in [1.165, 1.54) is 6.07 Å². The Labute approximate surface area is 172 Å². The van der Waals surface area contributed by atoms with E-state index in [1.807, 2.05) is 6.07 Å². The molecule has 2 aromatic heterocycles. The minimum atomic E-state index is -0.600. The Kier molecular flexibility index (Phi) is 6.36. The summed E-state index contributed by atoms with van der Waals surface area (Å²) in [5, 5.41) is 3.09. The van der Waals surface area contributed by atoms with Crippen LogP contribution in [0.25, 0.3) is 22.8 Å². The van der Waals surface area contributed by atoms with Gasteiger partial charge in [-0.2, -0.15) is 0 Å². The molecule has 8 nitrogen and oxygen atoms in total. The number of rotatable bonds is 4. The van der Waals surface area contributed by atoms with Crippen molar-refractivity contribution in [2.24, 2.45) is 0 Å². The van der Waals surface area contributed by atoms with E-state index in [2.05, 4.69) is 31.1 Å². The monoisotopic (exact) mass is 410 g/mol. The van der Waals surface area contributed by atoms with E-state index in [4.69, 9.17) is 11.6 Å². The molecule has 0 aliphatic heterocycles. The zero-order chi connectivity index (χ0) is 20.8. The van der Waals surface area contributed by atoms with Gasteiger partial charge in [-0.1, -0.05) is 35.9 Å². The van der Waals surface area contributed by atoms with Crippen LogP contribution in [-0.2, 0) is 0 Å². The molecule has 3 N–H and O–H groups in total. The largest absolute Gasteiger partial charge is 0.335 e. The normalized spacial score (nSPS) is 10.5. The van der Waals surface area contributed by atoms with Crippen LogP contribution in [0.4, 0.5) is 4.79 Å². The van der Waals surface area contributed by atoms with Gasteiger partial charge in [-0.3, -0.25) is 15.2 Å². The number of hydrogen-bond acceptors (Lipinski definition) is 5.